The molecule has 2 aromatic rings. The number of hydrogen-bond donors (Lipinski definition) is 0. The van der Waals surface area contributed by atoms with Crippen molar-refractivity contribution in [2.24, 2.45) is 0 Å². The van der Waals surface area contributed by atoms with E-state index < -0.39 is 0 Å². The van der Waals surface area contributed by atoms with Gasteiger partial charge in [0.05, 0.1) is 12.7 Å². The first-order valence-electron chi connectivity index (χ1n) is 10.5. The van der Waals surface area contributed by atoms with Crippen LogP contribution < -0.4 is 4.74 Å². The highest BCUT2D eigenvalue weighted by molar-refractivity contribution is 5.96. The second-order valence-corrected chi connectivity index (χ2v) is 7.94. The molecule has 1 aromatic carbocycles. The van der Waals surface area contributed by atoms with Gasteiger partial charge in [0.15, 0.2) is 0 Å². The average Bonchev–Trinajstić information content (AvgIpc) is 3.41. The van der Waals surface area contributed by atoms with E-state index >= 15 is 0 Å². The number of benzene rings is 1. The van der Waals surface area contributed by atoms with Gasteiger partial charge in [0, 0.05) is 49.9 Å². The van der Waals surface area contributed by atoms with Crippen LogP contribution >= 0.6 is 0 Å². The standard InChI is InChI=1S/C23H29N3O4/c1-16-15-20(17(2)26(16)18-6-8-19(29-3)9-7-18)22(27)24-10-12-25(13-11-24)23(28)21-5-4-14-30-21/h6-9,15,21H,4-5,10-14H2,1-3H3. The molecule has 2 saturated heterocycles. The van der Waals surface area contributed by atoms with Gasteiger partial charge < -0.3 is 23.8 Å². The summed E-state index contributed by atoms with van der Waals surface area (Å²) in [4.78, 5) is 29.4. The summed E-state index contributed by atoms with van der Waals surface area (Å²) in [7, 11) is 1.64. The Balaban J connectivity index is 1.46. The van der Waals surface area contributed by atoms with E-state index in [1.54, 1.807) is 7.11 Å². The number of aryl methyl sites for hydroxylation is 1. The first-order valence-corrected chi connectivity index (χ1v) is 10.5. The van der Waals surface area contributed by atoms with E-state index in [9.17, 15) is 9.59 Å². The highest BCUT2D eigenvalue weighted by Crippen LogP contribution is 2.24. The van der Waals surface area contributed by atoms with Crippen molar-refractivity contribution in [3.63, 3.8) is 0 Å². The first-order chi connectivity index (χ1) is 14.5. The number of carbonyl (C=O) groups excluding carboxylic acids is 2. The quantitative estimate of drug-likeness (QED) is 0.776. The van der Waals surface area contributed by atoms with Crippen LogP contribution in [0.3, 0.4) is 0 Å². The molecule has 0 saturated carbocycles. The maximum Gasteiger partial charge on any atom is 0.255 e. The van der Waals surface area contributed by atoms with Crippen molar-refractivity contribution in [1.82, 2.24) is 14.4 Å². The monoisotopic (exact) mass is 411 g/mol. The summed E-state index contributed by atoms with van der Waals surface area (Å²) in [6.45, 7) is 6.85. The molecule has 2 aliphatic heterocycles. The van der Waals surface area contributed by atoms with Crippen molar-refractivity contribution in [1.29, 1.82) is 0 Å². The van der Waals surface area contributed by atoms with Gasteiger partial charge in [-0.3, -0.25) is 9.59 Å². The second kappa shape index (κ2) is 8.52. The van der Waals surface area contributed by atoms with Gasteiger partial charge in [-0.15, -0.1) is 0 Å². The fraction of sp³-hybridized carbons (Fsp3) is 0.478. The fourth-order valence-corrected chi connectivity index (χ4v) is 4.38. The molecule has 3 heterocycles. The van der Waals surface area contributed by atoms with Gasteiger partial charge in [0.2, 0.25) is 0 Å². The molecule has 2 amide bonds. The molecule has 7 heteroatoms. The van der Waals surface area contributed by atoms with Gasteiger partial charge in [0.1, 0.15) is 11.9 Å². The van der Waals surface area contributed by atoms with Crippen LogP contribution in [0.25, 0.3) is 5.69 Å². The Labute approximate surface area is 177 Å². The molecule has 0 aliphatic carbocycles. The van der Waals surface area contributed by atoms with E-state index in [0.717, 1.165) is 35.7 Å². The largest absolute Gasteiger partial charge is 0.497 e. The molecule has 1 aromatic heterocycles. The molecule has 0 radical (unpaired) electrons. The van der Waals surface area contributed by atoms with E-state index in [4.69, 9.17) is 9.47 Å². The lowest BCUT2D eigenvalue weighted by atomic mass is 10.1. The van der Waals surface area contributed by atoms with Crippen molar-refractivity contribution in [2.75, 3.05) is 39.9 Å². The van der Waals surface area contributed by atoms with Crippen LogP contribution in [0.4, 0.5) is 0 Å². The first kappa shape index (κ1) is 20.5. The number of nitrogens with zero attached hydrogens (tertiary/aromatic N) is 3. The lowest BCUT2D eigenvalue weighted by Gasteiger charge is -2.35. The molecule has 0 spiro atoms. The summed E-state index contributed by atoms with van der Waals surface area (Å²) < 4.78 is 12.8. The van der Waals surface area contributed by atoms with E-state index in [1.807, 2.05) is 54.0 Å². The minimum absolute atomic E-state index is 0.0204. The van der Waals surface area contributed by atoms with Crippen molar-refractivity contribution in [3.8, 4) is 11.4 Å². The van der Waals surface area contributed by atoms with Crippen molar-refractivity contribution in [2.45, 2.75) is 32.8 Å². The Kier molecular flexibility index (Phi) is 5.81. The van der Waals surface area contributed by atoms with Crippen LogP contribution in [0, 0.1) is 13.8 Å². The van der Waals surface area contributed by atoms with Crippen molar-refractivity contribution >= 4 is 11.8 Å². The third-order valence-electron chi connectivity index (χ3n) is 6.08. The van der Waals surface area contributed by atoms with Gasteiger partial charge >= 0.3 is 0 Å². The lowest BCUT2D eigenvalue weighted by molar-refractivity contribution is -0.142. The topological polar surface area (TPSA) is 64.0 Å². The zero-order valence-corrected chi connectivity index (χ0v) is 17.9. The summed E-state index contributed by atoms with van der Waals surface area (Å²) in [5, 5.41) is 0. The lowest BCUT2D eigenvalue weighted by Crippen LogP contribution is -2.52. The van der Waals surface area contributed by atoms with E-state index in [-0.39, 0.29) is 17.9 Å². The molecule has 2 aliphatic rings. The molecule has 160 valence electrons. The third-order valence-corrected chi connectivity index (χ3v) is 6.08. The summed E-state index contributed by atoms with van der Waals surface area (Å²) in [5.41, 5.74) is 3.63. The van der Waals surface area contributed by atoms with Gasteiger partial charge in [-0.1, -0.05) is 0 Å². The Hall–Kier alpha value is -2.80. The van der Waals surface area contributed by atoms with Crippen LogP contribution in [-0.2, 0) is 9.53 Å². The van der Waals surface area contributed by atoms with E-state index in [0.29, 0.717) is 38.3 Å². The van der Waals surface area contributed by atoms with Crippen LogP contribution in [-0.4, -0.2) is 72.2 Å². The van der Waals surface area contributed by atoms with Gasteiger partial charge in [-0.05, 0) is 57.0 Å². The summed E-state index contributed by atoms with van der Waals surface area (Å²) >= 11 is 0. The predicted octanol–water partition coefficient (Wildman–Crippen LogP) is 2.57. The van der Waals surface area contributed by atoms with Crippen molar-refractivity contribution in [3.05, 3.63) is 47.3 Å². The number of piperazine rings is 1. The highest BCUT2D eigenvalue weighted by atomic mass is 16.5. The number of rotatable bonds is 4. The molecule has 7 nitrogen and oxygen atoms in total. The maximum atomic E-state index is 13.2. The van der Waals surface area contributed by atoms with Crippen molar-refractivity contribution < 1.29 is 19.1 Å². The van der Waals surface area contributed by atoms with Gasteiger partial charge in [0.25, 0.3) is 11.8 Å². The molecule has 1 unspecified atom stereocenters. The number of amides is 2. The molecule has 0 bridgehead atoms. The number of carbonyl (C=O) groups is 2. The van der Waals surface area contributed by atoms with Crippen LogP contribution in [0.2, 0.25) is 0 Å². The Morgan fingerprint density at radius 1 is 1.03 bits per heavy atom. The Bertz CT molecular complexity index is 921. The van der Waals surface area contributed by atoms with Crippen LogP contribution in [0.15, 0.2) is 30.3 Å². The van der Waals surface area contributed by atoms with Crippen LogP contribution in [0.5, 0.6) is 5.75 Å². The molecule has 4 rings (SSSR count). The zero-order valence-electron chi connectivity index (χ0n) is 17.9. The third kappa shape index (κ3) is 3.81. The Morgan fingerprint density at radius 3 is 2.30 bits per heavy atom. The summed E-state index contributed by atoms with van der Waals surface area (Å²) in [6.07, 6.45) is 1.45. The number of methoxy groups -OCH3 is 1. The zero-order chi connectivity index (χ0) is 21.3. The predicted molar refractivity (Wildman–Crippen MR) is 113 cm³/mol. The summed E-state index contributed by atoms with van der Waals surface area (Å²) in [6, 6.07) is 9.76. The number of aromatic nitrogens is 1. The van der Waals surface area contributed by atoms with Gasteiger partial charge in [-0.25, -0.2) is 0 Å². The molecule has 30 heavy (non-hydrogen) atoms. The minimum atomic E-state index is -0.296. The maximum absolute atomic E-state index is 13.2. The average molecular weight is 412 g/mol. The van der Waals surface area contributed by atoms with Crippen LogP contribution in [0.1, 0.15) is 34.6 Å². The highest BCUT2D eigenvalue weighted by Gasteiger charge is 2.32. The minimum Gasteiger partial charge on any atom is -0.497 e. The second-order valence-electron chi connectivity index (χ2n) is 7.94. The number of ether oxygens (including phenoxy) is 2. The summed E-state index contributed by atoms with van der Waals surface area (Å²) in [5.74, 6) is 0.886. The molecule has 2 fully saturated rings. The van der Waals surface area contributed by atoms with E-state index in [2.05, 4.69) is 4.57 Å². The Morgan fingerprint density at radius 2 is 1.70 bits per heavy atom. The molecule has 1 atom stereocenters. The normalized spacial score (nSPS) is 19.2. The molecular formula is C23H29N3O4. The SMILES string of the molecule is COc1ccc(-n2c(C)cc(C(=O)N3CCN(C(=O)C4CCCO4)CC3)c2C)cc1. The molecule has 0 N–H and O–H groups in total. The fourth-order valence-electron chi connectivity index (χ4n) is 4.38. The number of hydrogen-bond acceptors (Lipinski definition) is 4. The van der Waals surface area contributed by atoms with E-state index in [1.165, 1.54) is 0 Å². The smallest absolute Gasteiger partial charge is 0.255 e. The molecular weight excluding hydrogens is 382 g/mol. The van der Waals surface area contributed by atoms with Gasteiger partial charge in [-0.2, -0.15) is 0 Å².